The first-order valence-corrected chi connectivity index (χ1v) is 10.4. The van der Waals surface area contributed by atoms with Gasteiger partial charge in [0.1, 0.15) is 24.7 Å². The minimum atomic E-state index is -0.564. The minimum absolute atomic E-state index is 0.0105. The fraction of sp³-hybridized carbons (Fsp3) is 0.231. The Balaban J connectivity index is 1.50. The van der Waals surface area contributed by atoms with E-state index in [1.165, 1.54) is 7.11 Å². The summed E-state index contributed by atoms with van der Waals surface area (Å²) in [6, 6.07) is 25.3. The van der Waals surface area contributed by atoms with Gasteiger partial charge in [0.2, 0.25) is 0 Å². The molecule has 3 aromatic rings. The summed E-state index contributed by atoms with van der Waals surface area (Å²) >= 11 is 0. The summed E-state index contributed by atoms with van der Waals surface area (Å²) in [5.74, 6) is 0.305. The molecule has 0 aliphatic rings. The maximum absolute atomic E-state index is 11.4. The van der Waals surface area contributed by atoms with Crippen molar-refractivity contribution in [2.75, 3.05) is 13.7 Å². The highest BCUT2D eigenvalue weighted by Gasteiger charge is 2.16. The molecular weight excluding hydrogens is 420 g/mol. The number of benzene rings is 3. The topological polar surface area (TPSA) is 98.0 Å². The van der Waals surface area contributed by atoms with Gasteiger partial charge in [0.25, 0.3) is 0 Å². The van der Waals surface area contributed by atoms with E-state index in [2.05, 4.69) is 16.0 Å². The van der Waals surface area contributed by atoms with Gasteiger partial charge in [-0.3, -0.25) is 4.79 Å². The summed E-state index contributed by atoms with van der Waals surface area (Å²) in [5.41, 5.74) is 2.49. The summed E-state index contributed by atoms with van der Waals surface area (Å²) in [6.07, 6.45) is 0.0105. The molecule has 0 N–H and O–H groups in total. The Hall–Kier alpha value is -4.18. The fourth-order valence-electron chi connectivity index (χ4n) is 3.17. The van der Waals surface area contributed by atoms with Crippen molar-refractivity contribution in [2.45, 2.75) is 25.0 Å². The van der Waals surface area contributed by atoms with Crippen molar-refractivity contribution in [1.82, 2.24) is 0 Å². The van der Waals surface area contributed by atoms with Gasteiger partial charge in [-0.1, -0.05) is 59.8 Å². The molecule has 2 atom stereocenters. The van der Waals surface area contributed by atoms with Crippen molar-refractivity contribution in [3.05, 3.63) is 100 Å². The molecular formula is C26H24N2O5. The standard InChI is InChI=1S/C26H24N2O5/c1-31-26(29)15-22(16-27)20-9-13-24(14-10-20)32-17-19-7-11-23(12-8-19)33-18-25(28-30)21-5-3-2-4-6-21/h2-14,22,25H,15,17-18H2,1H3. The van der Waals surface area contributed by atoms with Crippen LogP contribution in [0.15, 0.2) is 84.0 Å². The Morgan fingerprint density at radius 1 is 0.909 bits per heavy atom. The van der Waals surface area contributed by atoms with Crippen LogP contribution in [-0.4, -0.2) is 19.7 Å². The van der Waals surface area contributed by atoms with Crippen molar-refractivity contribution in [3.8, 4) is 17.6 Å². The van der Waals surface area contributed by atoms with Gasteiger partial charge < -0.3 is 14.2 Å². The summed E-state index contributed by atoms with van der Waals surface area (Å²) in [5, 5.41) is 12.4. The molecule has 0 amide bonds. The number of nitrogens with zero attached hydrogens (tertiary/aromatic N) is 2. The molecule has 0 saturated heterocycles. The largest absolute Gasteiger partial charge is 0.491 e. The first-order chi connectivity index (χ1) is 16.1. The predicted molar refractivity (Wildman–Crippen MR) is 123 cm³/mol. The zero-order valence-corrected chi connectivity index (χ0v) is 18.2. The number of hydrogen-bond acceptors (Lipinski definition) is 7. The second-order valence-electron chi connectivity index (χ2n) is 7.31. The normalized spacial score (nSPS) is 12.1. The van der Waals surface area contributed by atoms with E-state index < -0.39 is 17.9 Å². The first kappa shape index (κ1) is 23.5. The molecule has 33 heavy (non-hydrogen) atoms. The highest BCUT2D eigenvalue weighted by molar-refractivity contribution is 5.71. The number of ether oxygens (including phenoxy) is 3. The van der Waals surface area contributed by atoms with E-state index in [9.17, 15) is 15.0 Å². The lowest BCUT2D eigenvalue weighted by atomic mass is 9.97. The van der Waals surface area contributed by atoms with Crippen molar-refractivity contribution < 1.29 is 19.0 Å². The van der Waals surface area contributed by atoms with Crippen LogP contribution in [0.3, 0.4) is 0 Å². The Morgan fingerprint density at radius 3 is 2.15 bits per heavy atom. The van der Waals surface area contributed by atoms with Gasteiger partial charge in [-0.05, 0) is 41.0 Å². The number of carbonyl (C=O) groups excluding carboxylic acids is 1. The Morgan fingerprint density at radius 2 is 1.55 bits per heavy atom. The number of hydrogen-bond donors (Lipinski definition) is 0. The number of nitriles is 1. The van der Waals surface area contributed by atoms with Gasteiger partial charge >= 0.3 is 5.97 Å². The van der Waals surface area contributed by atoms with E-state index in [-0.39, 0.29) is 13.0 Å². The smallest absolute Gasteiger partial charge is 0.307 e. The van der Waals surface area contributed by atoms with Gasteiger partial charge in [0, 0.05) is 0 Å². The number of methoxy groups -OCH3 is 1. The number of carbonyl (C=O) groups is 1. The molecule has 7 nitrogen and oxygen atoms in total. The van der Waals surface area contributed by atoms with Gasteiger partial charge in [-0.15, -0.1) is 0 Å². The van der Waals surface area contributed by atoms with Crippen LogP contribution in [0, 0.1) is 16.2 Å². The Labute approximate surface area is 192 Å². The SMILES string of the molecule is COC(=O)CC(C#N)c1ccc(OCc2ccc(OCC(N=O)c3ccccc3)cc2)cc1. The molecule has 0 saturated carbocycles. The van der Waals surface area contributed by atoms with Crippen LogP contribution in [0.5, 0.6) is 11.5 Å². The van der Waals surface area contributed by atoms with E-state index in [1.54, 1.807) is 24.3 Å². The second-order valence-corrected chi connectivity index (χ2v) is 7.31. The van der Waals surface area contributed by atoms with Crippen LogP contribution in [-0.2, 0) is 16.1 Å². The summed E-state index contributed by atoms with van der Waals surface area (Å²) in [4.78, 5) is 22.6. The van der Waals surface area contributed by atoms with Gasteiger partial charge in [-0.25, -0.2) is 0 Å². The summed E-state index contributed by atoms with van der Waals surface area (Å²) < 4.78 is 16.2. The quantitative estimate of drug-likeness (QED) is 0.293. The molecule has 2 unspecified atom stereocenters. The van der Waals surface area contributed by atoms with E-state index >= 15 is 0 Å². The molecule has 0 bridgehead atoms. The average Bonchev–Trinajstić information content (AvgIpc) is 2.88. The number of nitroso groups, excluding NO2 is 1. The Bertz CT molecular complexity index is 1080. The van der Waals surface area contributed by atoms with Gasteiger partial charge in [0.15, 0.2) is 6.04 Å². The molecule has 3 aromatic carbocycles. The van der Waals surface area contributed by atoms with Crippen LogP contribution in [0.1, 0.15) is 35.1 Å². The van der Waals surface area contributed by atoms with Crippen LogP contribution in [0.25, 0.3) is 0 Å². The zero-order valence-electron chi connectivity index (χ0n) is 18.2. The fourth-order valence-corrected chi connectivity index (χ4v) is 3.17. The van der Waals surface area contributed by atoms with E-state index in [4.69, 9.17) is 9.47 Å². The van der Waals surface area contributed by atoms with Crippen LogP contribution >= 0.6 is 0 Å². The second kappa shape index (κ2) is 12.0. The first-order valence-electron chi connectivity index (χ1n) is 10.4. The number of esters is 1. The van der Waals surface area contributed by atoms with E-state index in [0.717, 1.165) is 16.7 Å². The third-order valence-electron chi connectivity index (χ3n) is 5.09. The molecule has 7 heteroatoms. The predicted octanol–water partition coefficient (Wildman–Crippen LogP) is 5.32. The van der Waals surface area contributed by atoms with Crippen molar-refractivity contribution in [3.63, 3.8) is 0 Å². The van der Waals surface area contributed by atoms with Crippen LogP contribution in [0.4, 0.5) is 0 Å². The molecule has 0 aliphatic carbocycles. The van der Waals surface area contributed by atoms with Crippen molar-refractivity contribution in [1.29, 1.82) is 5.26 Å². The van der Waals surface area contributed by atoms with Gasteiger partial charge in [0.05, 0.1) is 25.5 Å². The molecule has 168 valence electrons. The third kappa shape index (κ3) is 6.91. The zero-order chi connectivity index (χ0) is 23.5. The molecule has 0 spiro atoms. The molecule has 0 aromatic heterocycles. The average molecular weight is 444 g/mol. The highest BCUT2D eigenvalue weighted by Crippen LogP contribution is 2.24. The minimum Gasteiger partial charge on any atom is -0.491 e. The maximum Gasteiger partial charge on any atom is 0.307 e. The highest BCUT2D eigenvalue weighted by atomic mass is 16.5. The molecule has 3 rings (SSSR count). The lowest BCUT2D eigenvalue weighted by molar-refractivity contribution is -0.140. The van der Waals surface area contributed by atoms with Gasteiger partial charge in [-0.2, -0.15) is 10.2 Å². The molecule has 0 aliphatic heterocycles. The lowest BCUT2D eigenvalue weighted by Gasteiger charge is -2.12. The summed E-state index contributed by atoms with van der Waals surface area (Å²) in [6.45, 7) is 0.515. The van der Waals surface area contributed by atoms with Crippen molar-refractivity contribution in [2.24, 2.45) is 5.18 Å². The van der Waals surface area contributed by atoms with Crippen LogP contribution < -0.4 is 9.47 Å². The third-order valence-corrected chi connectivity index (χ3v) is 5.09. The summed E-state index contributed by atoms with van der Waals surface area (Å²) in [7, 11) is 1.30. The van der Waals surface area contributed by atoms with Crippen LogP contribution in [0.2, 0.25) is 0 Å². The molecule has 0 heterocycles. The van der Waals surface area contributed by atoms with E-state index in [0.29, 0.717) is 18.1 Å². The monoisotopic (exact) mass is 444 g/mol. The molecule has 0 radical (unpaired) electrons. The molecule has 0 fully saturated rings. The Kier molecular flexibility index (Phi) is 8.55. The van der Waals surface area contributed by atoms with Crippen molar-refractivity contribution >= 4 is 5.97 Å². The number of rotatable bonds is 11. The van der Waals surface area contributed by atoms with E-state index in [1.807, 2.05) is 54.6 Å². The lowest BCUT2D eigenvalue weighted by Crippen LogP contribution is -2.08. The maximum atomic E-state index is 11.4.